The van der Waals surface area contributed by atoms with Gasteiger partial charge in [-0.05, 0) is 36.4 Å². The molecule has 0 aliphatic heterocycles. The fourth-order valence-corrected chi connectivity index (χ4v) is 4.36. The smallest absolute Gasteiger partial charge is 0.119 e. The lowest BCUT2D eigenvalue weighted by Gasteiger charge is -2.09. The quantitative estimate of drug-likeness (QED) is 0.369. The van der Waals surface area contributed by atoms with Crippen molar-refractivity contribution < 1.29 is 4.74 Å². The molecule has 0 saturated carbocycles. The minimum absolute atomic E-state index is 0.802. The molecular weight excluding hydrogens is 378 g/mol. The molecule has 0 N–H and O–H groups in total. The highest BCUT2D eigenvalue weighted by Gasteiger charge is 2.15. The molecule has 4 nitrogen and oxygen atoms in total. The summed E-state index contributed by atoms with van der Waals surface area (Å²) >= 11 is 1.68. The molecule has 0 fully saturated rings. The van der Waals surface area contributed by atoms with E-state index in [1.807, 2.05) is 60.8 Å². The van der Waals surface area contributed by atoms with Crippen LogP contribution in [-0.2, 0) is 0 Å². The SMILES string of the molecule is COc1cccc(-c2nnc(-c3ccc(-c4ccccn4)s3)c3ccccc23)c1. The molecule has 2 aromatic carbocycles. The number of rotatable bonds is 4. The Morgan fingerprint density at radius 1 is 0.724 bits per heavy atom. The number of nitrogens with zero attached hydrogens (tertiary/aromatic N) is 3. The van der Waals surface area contributed by atoms with Crippen molar-refractivity contribution in [2.75, 3.05) is 7.11 Å². The second-order valence-corrected chi connectivity index (χ2v) is 7.64. The minimum atomic E-state index is 0.802. The number of ether oxygens (including phenoxy) is 1. The van der Waals surface area contributed by atoms with E-state index in [0.717, 1.165) is 48.9 Å². The van der Waals surface area contributed by atoms with Crippen LogP contribution in [0, 0.1) is 0 Å². The fraction of sp³-hybridized carbons (Fsp3) is 0.0417. The van der Waals surface area contributed by atoms with E-state index in [0.29, 0.717) is 0 Å². The average molecular weight is 395 g/mol. The molecule has 3 heterocycles. The van der Waals surface area contributed by atoms with Crippen LogP contribution >= 0.6 is 11.3 Å². The third-order valence-corrected chi connectivity index (χ3v) is 5.90. The summed E-state index contributed by atoms with van der Waals surface area (Å²) < 4.78 is 5.37. The number of hydrogen-bond donors (Lipinski definition) is 0. The summed E-state index contributed by atoms with van der Waals surface area (Å²) in [5, 5.41) is 11.4. The Hall–Kier alpha value is -3.57. The maximum absolute atomic E-state index is 5.37. The molecule has 5 rings (SSSR count). The van der Waals surface area contributed by atoms with Gasteiger partial charge in [0.15, 0.2) is 0 Å². The van der Waals surface area contributed by atoms with Crippen molar-refractivity contribution in [2.45, 2.75) is 0 Å². The van der Waals surface area contributed by atoms with E-state index in [1.165, 1.54) is 0 Å². The van der Waals surface area contributed by atoms with Crippen LogP contribution in [0.1, 0.15) is 0 Å². The molecule has 0 aliphatic carbocycles. The van der Waals surface area contributed by atoms with Crippen LogP contribution in [0.2, 0.25) is 0 Å². The Bertz CT molecular complexity index is 1300. The average Bonchev–Trinajstić information content (AvgIpc) is 3.29. The van der Waals surface area contributed by atoms with Crippen LogP contribution in [-0.4, -0.2) is 22.3 Å². The molecule has 140 valence electrons. The summed E-state index contributed by atoms with van der Waals surface area (Å²) in [7, 11) is 1.67. The van der Waals surface area contributed by atoms with Crippen LogP contribution in [0.15, 0.2) is 85.1 Å². The summed E-state index contributed by atoms with van der Waals surface area (Å²) in [6.45, 7) is 0. The molecule has 0 radical (unpaired) electrons. The zero-order valence-corrected chi connectivity index (χ0v) is 16.6. The lowest BCUT2D eigenvalue weighted by atomic mass is 10.0. The van der Waals surface area contributed by atoms with Gasteiger partial charge in [-0.3, -0.25) is 4.98 Å². The third-order valence-electron chi connectivity index (χ3n) is 4.79. The number of hydrogen-bond acceptors (Lipinski definition) is 5. The van der Waals surface area contributed by atoms with E-state index in [-0.39, 0.29) is 0 Å². The van der Waals surface area contributed by atoms with Gasteiger partial charge in [-0.1, -0.05) is 42.5 Å². The highest BCUT2D eigenvalue weighted by molar-refractivity contribution is 7.18. The minimum Gasteiger partial charge on any atom is -0.497 e. The van der Waals surface area contributed by atoms with Crippen molar-refractivity contribution in [3.63, 3.8) is 0 Å². The topological polar surface area (TPSA) is 47.9 Å². The summed E-state index contributed by atoms with van der Waals surface area (Å²) in [5.74, 6) is 0.802. The van der Waals surface area contributed by atoms with Gasteiger partial charge in [0.1, 0.15) is 17.1 Å². The van der Waals surface area contributed by atoms with E-state index in [1.54, 1.807) is 18.4 Å². The van der Waals surface area contributed by atoms with Crippen molar-refractivity contribution >= 4 is 22.1 Å². The maximum Gasteiger partial charge on any atom is 0.119 e. The molecule has 0 spiro atoms. The normalized spacial score (nSPS) is 10.9. The number of benzene rings is 2. The Labute approximate surface area is 172 Å². The first kappa shape index (κ1) is 17.5. The zero-order chi connectivity index (χ0) is 19.6. The van der Waals surface area contributed by atoms with Crippen LogP contribution in [0.3, 0.4) is 0 Å². The van der Waals surface area contributed by atoms with Gasteiger partial charge in [-0.2, -0.15) is 0 Å². The molecular formula is C24H17N3OS. The van der Waals surface area contributed by atoms with Crippen molar-refractivity contribution in [1.82, 2.24) is 15.2 Å². The second kappa shape index (κ2) is 7.45. The largest absolute Gasteiger partial charge is 0.497 e. The van der Waals surface area contributed by atoms with Crippen LogP contribution in [0.25, 0.3) is 43.2 Å². The molecule has 0 amide bonds. The van der Waals surface area contributed by atoms with Crippen molar-refractivity contribution in [1.29, 1.82) is 0 Å². The van der Waals surface area contributed by atoms with Gasteiger partial charge in [0.25, 0.3) is 0 Å². The highest BCUT2D eigenvalue weighted by Crippen LogP contribution is 2.38. The van der Waals surface area contributed by atoms with Crippen molar-refractivity contribution in [2.24, 2.45) is 0 Å². The van der Waals surface area contributed by atoms with Gasteiger partial charge in [0, 0.05) is 22.5 Å². The third kappa shape index (κ3) is 3.26. The molecule has 29 heavy (non-hydrogen) atoms. The molecule has 0 unspecified atom stereocenters. The molecule has 0 bridgehead atoms. The van der Waals surface area contributed by atoms with Gasteiger partial charge >= 0.3 is 0 Å². The van der Waals surface area contributed by atoms with Gasteiger partial charge in [0.2, 0.25) is 0 Å². The summed E-state index contributed by atoms with van der Waals surface area (Å²) in [6.07, 6.45) is 1.81. The summed E-state index contributed by atoms with van der Waals surface area (Å²) in [6, 6.07) is 26.3. The first-order valence-corrected chi connectivity index (χ1v) is 10.1. The zero-order valence-electron chi connectivity index (χ0n) is 15.7. The number of aromatic nitrogens is 3. The predicted molar refractivity (Wildman–Crippen MR) is 118 cm³/mol. The summed E-state index contributed by atoms with van der Waals surface area (Å²) in [5.41, 5.74) is 3.69. The summed E-state index contributed by atoms with van der Waals surface area (Å²) in [4.78, 5) is 6.64. The van der Waals surface area contributed by atoms with Gasteiger partial charge < -0.3 is 4.74 Å². The number of fused-ring (bicyclic) bond motifs is 1. The Kier molecular flexibility index (Phi) is 4.50. The molecule has 0 saturated heterocycles. The molecule has 5 heteroatoms. The lowest BCUT2D eigenvalue weighted by Crippen LogP contribution is -1.94. The lowest BCUT2D eigenvalue weighted by molar-refractivity contribution is 0.415. The van der Waals surface area contributed by atoms with Crippen LogP contribution < -0.4 is 4.74 Å². The predicted octanol–water partition coefficient (Wildman–Crippen LogP) is 6.10. The maximum atomic E-state index is 5.37. The molecule has 0 aliphatic rings. The monoisotopic (exact) mass is 395 g/mol. The Morgan fingerprint density at radius 2 is 1.48 bits per heavy atom. The number of thiophene rings is 1. The van der Waals surface area contributed by atoms with E-state index >= 15 is 0 Å². The van der Waals surface area contributed by atoms with E-state index in [9.17, 15) is 0 Å². The van der Waals surface area contributed by atoms with E-state index < -0.39 is 0 Å². The van der Waals surface area contributed by atoms with Gasteiger partial charge in [-0.25, -0.2) is 0 Å². The van der Waals surface area contributed by atoms with Crippen molar-refractivity contribution in [3.8, 4) is 38.1 Å². The fourth-order valence-electron chi connectivity index (χ4n) is 3.38. The first-order chi connectivity index (χ1) is 14.3. The Balaban J connectivity index is 1.65. The second-order valence-electron chi connectivity index (χ2n) is 6.55. The first-order valence-electron chi connectivity index (χ1n) is 9.25. The number of methoxy groups -OCH3 is 1. The standard InChI is InChI=1S/C24H17N3OS/c1-28-17-8-6-7-16(15-17)23-18-9-2-3-10-19(18)24(27-26-23)22-13-12-21(29-22)20-11-4-5-14-25-20/h2-15H,1H3. The molecule has 0 atom stereocenters. The number of pyridine rings is 1. The highest BCUT2D eigenvalue weighted by atomic mass is 32.1. The Morgan fingerprint density at radius 3 is 2.28 bits per heavy atom. The van der Waals surface area contributed by atoms with Crippen molar-refractivity contribution in [3.05, 3.63) is 85.1 Å². The van der Waals surface area contributed by atoms with Gasteiger partial charge in [0.05, 0.1) is 22.6 Å². The van der Waals surface area contributed by atoms with Crippen LogP contribution in [0.4, 0.5) is 0 Å². The molecule has 5 aromatic rings. The molecule has 3 aromatic heterocycles. The van der Waals surface area contributed by atoms with E-state index in [4.69, 9.17) is 4.74 Å². The van der Waals surface area contributed by atoms with Crippen LogP contribution in [0.5, 0.6) is 5.75 Å². The van der Waals surface area contributed by atoms with E-state index in [2.05, 4.69) is 39.4 Å². The van der Waals surface area contributed by atoms with Gasteiger partial charge in [-0.15, -0.1) is 21.5 Å².